The summed E-state index contributed by atoms with van der Waals surface area (Å²) in [6.07, 6.45) is -0.722. The average Bonchev–Trinajstić information content (AvgIpc) is 2.19. The van der Waals surface area contributed by atoms with E-state index in [1.165, 1.54) is 6.07 Å². The molecule has 1 rings (SSSR count). The summed E-state index contributed by atoms with van der Waals surface area (Å²) in [4.78, 5) is 1.71. The van der Waals surface area contributed by atoms with Crippen molar-refractivity contribution in [2.24, 2.45) is 5.41 Å². The molecule has 1 N–H and O–H groups in total. The minimum absolute atomic E-state index is 0.238. The highest BCUT2D eigenvalue weighted by atomic mass is 79.9. The van der Waals surface area contributed by atoms with Gasteiger partial charge in [0.2, 0.25) is 0 Å². The van der Waals surface area contributed by atoms with Gasteiger partial charge in [0.15, 0.2) is 0 Å². The van der Waals surface area contributed by atoms with Crippen LogP contribution in [-0.2, 0) is 0 Å². The maximum atomic E-state index is 14.1. The molecule has 0 saturated carbocycles. The Balaban J connectivity index is 3.27. The molecule has 0 aliphatic carbocycles. The van der Waals surface area contributed by atoms with Crippen molar-refractivity contribution < 1.29 is 9.50 Å². The van der Waals surface area contributed by atoms with Gasteiger partial charge in [0.05, 0.1) is 0 Å². The summed E-state index contributed by atoms with van der Waals surface area (Å²) in [6.45, 7) is 6.02. The molecule has 0 aromatic heterocycles. The number of benzene rings is 1. The molecular weight excluding hydrogens is 297 g/mol. The number of aliphatic hydroxyl groups is 1. The van der Waals surface area contributed by atoms with Gasteiger partial charge in [-0.2, -0.15) is 0 Å². The first-order valence-corrected chi connectivity index (χ1v) is 6.73. The van der Waals surface area contributed by atoms with E-state index < -0.39 is 6.23 Å². The largest absolute Gasteiger partial charge is 0.378 e. The lowest BCUT2D eigenvalue weighted by molar-refractivity contribution is -0.0164. The predicted octanol–water partition coefficient (Wildman–Crippen LogP) is 3.60. The van der Waals surface area contributed by atoms with Gasteiger partial charge in [-0.05, 0) is 37.2 Å². The normalized spacial score (nSPS) is 15.8. The van der Waals surface area contributed by atoms with Gasteiger partial charge in [0, 0.05) is 10.4 Å². The Morgan fingerprint density at radius 3 is 2.22 bits per heavy atom. The molecule has 2 atom stereocenters. The Kier molecular flexibility index (Phi) is 4.92. The molecule has 18 heavy (non-hydrogen) atoms. The second-order valence-corrected chi connectivity index (χ2v) is 6.80. The van der Waals surface area contributed by atoms with Gasteiger partial charge >= 0.3 is 0 Å². The standard InChI is InChI=1S/C14H21BrFNO/c1-14(2,3)12(13(18)17(4)5)10-7-6-9(15)8-11(10)16/h6-8,12-13,18H,1-5H3. The Bertz CT molecular complexity index is 415. The van der Waals surface area contributed by atoms with E-state index in [1.807, 2.05) is 20.8 Å². The molecule has 4 heteroatoms. The highest BCUT2D eigenvalue weighted by Crippen LogP contribution is 2.39. The van der Waals surface area contributed by atoms with Crippen molar-refractivity contribution in [1.82, 2.24) is 4.90 Å². The maximum Gasteiger partial charge on any atom is 0.127 e. The highest BCUT2D eigenvalue weighted by molar-refractivity contribution is 9.10. The SMILES string of the molecule is CN(C)C(O)C(c1ccc(Br)cc1F)C(C)(C)C. The van der Waals surface area contributed by atoms with Gasteiger partial charge in [0.1, 0.15) is 12.0 Å². The molecule has 0 aliphatic heterocycles. The van der Waals surface area contributed by atoms with E-state index in [0.717, 1.165) is 0 Å². The van der Waals surface area contributed by atoms with Crippen LogP contribution in [0.5, 0.6) is 0 Å². The number of nitrogens with zero attached hydrogens (tertiary/aromatic N) is 1. The molecule has 0 amide bonds. The molecule has 2 nitrogen and oxygen atoms in total. The molecule has 0 heterocycles. The lowest BCUT2D eigenvalue weighted by Gasteiger charge is -2.37. The number of hydrogen-bond donors (Lipinski definition) is 1. The minimum Gasteiger partial charge on any atom is -0.378 e. The summed E-state index contributed by atoms with van der Waals surface area (Å²) in [5.41, 5.74) is 0.310. The molecule has 0 saturated heterocycles. The quantitative estimate of drug-likeness (QED) is 0.861. The second-order valence-electron chi connectivity index (χ2n) is 5.89. The fraction of sp³-hybridized carbons (Fsp3) is 0.571. The molecule has 2 unspecified atom stereocenters. The number of rotatable bonds is 3. The minimum atomic E-state index is -0.722. The topological polar surface area (TPSA) is 23.5 Å². The lowest BCUT2D eigenvalue weighted by Crippen LogP contribution is -2.40. The van der Waals surface area contributed by atoms with Crippen molar-refractivity contribution in [3.05, 3.63) is 34.1 Å². The third-order valence-corrected chi connectivity index (χ3v) is 3.55. The maximum absolute atomic E-state index is 14.1. The first kappa shape index (κ1) is 15.6. The van der Waals surface area contributed by atoms with Gasteiger partial charge in [-0.15, -0.1) is 0 Å². The zero-order valence-electron chi connectivity index (χ0n) is 11.5. The van der Waals surface area contributed by atoms with Crippen LogP contribution in [0.25, 0.3) is 0 Å². The average molecular weight is 318 g/mol. The molecule has 0 fully saturated rings. The van der Waals surface area contributed by atoms with Gasteiger partial charge in [-0.25, -0.2) is 4.39 Å². The first-order valence-electron chi connectivity index (χ1n) is 5.94. The molecule has 1 aromatic carbocycles. The van der Waals surface area contributed by atoms with Gasteiger partial charge in [-0.3, -0.25) is 4.90 Å². The molecule has 0 radical (unpaired) electrons. The van der Waals surface area contributed by atoms with E-state index >= 15 is 0 Å². The molecule has 0 spiro atoms. The number of aliphatic hydroxyl groups excluding tert-OH is 1. The predicted molar refractivity (Wildman–Crippen MR) is 76.0 cm³/mol. The number of likely N-dealkylation sites (N-methyl/N-ethyl adjacent to an activating group) is 1. The summed E-state index contributed by atoms with van der Waals surface area (Å²) in [5.74, 6) is -0.578. The summed E-state index contributed by atoms with van der Waals surface area (Å²) < 4.78 is 14.8. The summed E-state index contributed by atoms with van der Waals surface area (Å²) >= 11 is 3.25. The van der Waals surface area contributed by atoms with Gasteiger partial charge in [-0.1, -0.05) is 42.8 Å². The zero-order chi connectivity index (χ0) is 14.1. The summed E-state index contributed by atoms with van der Waals surface area (Å²) in [5, 5.41) is 10.3. The molecule has 0 bridgehead atoms. The van der Waals surface area contributed by atoms with Crippen molar-refractivity contribution in [2.75, 3.05) is 14.1 Å². The monoisotopic (exact) mass is 317 g/mol. The number of halogens is 2. The Morgan fingerprint density at radius 2 is 1.83 bits per heavy atom. The van der Waals surface area contributed by atoms with Crippen LogP contribution in [-0.4, -0.2) is 30.3 Å². The van der Waals surface area contributed by atoms with Crippen LogP contribution < -0.4 is 0 Å². The van der Waals surface area contributed by atoms with Crippen LogP contribution in [0.3, 0.4) is 0 Å². The van der Waals surface area contributed by atoms with E-state index in [2.05, 4.69) is 15.9 Å². The summed E-state index contributed by atoms with van der Waals surface area (Å²) in [7, 11) is 3.58. The highest BCUT2D eigenvalue weighted by Gasteiger charge is 2.35. The molecule has 1 aromatic rings. The second kappa shape index (κ2) is 5.68. The first-order chi connectivity index (χ1) is 8.14. The van der Waals surface area contributed by atoms with Crippen LogP contribution in [0, 0.1) is 11.2 Å². The Labute approximate surface area is 117 Å². The zero-order valence-corrected chi connectivity index (χ0v) is 13.1. The molecule has 0 aliphatic rings. The van der Waals surface area contributed by atoms with Crippen LogP contribution in [0.1, 0.15) is 32.3 Å². The van der Waals surface area contributed by atoms with Crippen molar-refractivity contribution in [3.63, 3.8) is 0 Å². The van der Waals surface area contributed by atoms with Gasteiger partial charge < -0.3 is 5.11 Å². The van der Waals surface area contributed by atoms with Crippen LogP contribution >= 0.6 is 15.9 Å². The summed E-state index contributed by atoms with van der Waals surface area (Å²) in [6, 6.07) is 4.98. The fourth-order valence-electron chi connectivity index (χ4n) is 2.13. The third kappa shape index (κ3) is 3.53. The van der Waals surface area contributed by atoms with Crippen molar-refractivity contribution in [1.29, 1.82) is 0 Å². The smallest absolute Gasteiger partial charge is 0.127 e. The van der Waals surface area contributed by atoms with Crippen LogP contribution in [0.15, 0.2) is 22.7 Å². The van der Waals surface area contributed by atoms with Crippen molar-refractivity contribution >= 4 is 15.9 Å². The Hall–Kier alpha value is -0.450. The third-order valence-electron chi connectivity index (χ3n) is 3.06. The molecular formula is C14H21BrFNO. The van der Waals surface area contributed by atoms with Crippen LogP contribution in [0.4, 0.5) is 4.39 Å². The molecule has 102 valence electrons. The van der Waals surface area contributed by atoms with E-state index in [-0.39, 0.29) is 17.2 Å². The van der Waals surface area contributed by atoms with E-state index in [1.54, 1.807) is 31.1 Å². The fourth-order valence-corrected chi connectivity index (χ4v) is 2.46. The van der Waals surface area contributed by atoms with E-state index in [9.17, 15) is 9.50 Å². The lowest BCUT2D eigenvalue weighted by atomic mass is 9.75. The van der Waals surface area contributed by atoms with Crippen molar-refractivity contribution in [2.45, 2.75) is 32.9 Å². The van der Waals surface area contributed by atoms with Crippen molar-refractivity contribution in [3.8, 4) is 0 Å². The number of hydrogen-bond acceptors (Lipinski definition) is 2. The van der Waals surface area contributed by atoms with Crippen LogP contribution in [0.2, 0.25) is 0 Å². The van der Waals surface area contributed by atoms with Gasteiger partial charge in [0.25, 0.3) is 0 Å². The van der Waals surface area contributed by atoms with E-state index in [0.29, 0.717) is 10.0 Å². The van der Waals surface area contributed by atoms with E-state index in [4.69, 9.17) is 0 Å². The Morgan fingerprint density at radius 1 is 1.28 bits per heavy atom.